The third kappa shape index (κ3) is 4.79. The molecule has 0 saturated carbocycles. The largest absolute Gasteiger partial charge is 0.390 e. The van der Waals surface area contributed by atoms with E-state index >= 15 is 0 Å². The van der Waals surface area contributed by atoms with E-state index in [1.807, 2.05) is 75.4 Å². The highest BCUT2D eigenvalue weighted by molar-refractivity contribution is 6.65. The molecule has 3 N–H and O–H groups in total. The minimum absolute atomic E-state index is 0.0802. The lowest BCUT2D eigenvalue weighted by Crippen LogP contribution is -2.74. The minimum atomic E-state index is -2.03. The van der Waals surface area contributed by atoms with Crippen molar-refractivity contribution in [3.63, 3.8) is 0 Å². The molecule has 0 spiro atoms. The van der Waals surface area contributed by atoms with Crippen molar-refractivity contribution in [1.29, 1.82) is 0 Å². The van der Waals surface area contributed by atoms with Gasteiger partial charge in [-0.05, 0) is 41.5 Å². The van der Waals surface area contributed by atoms with Crippen LogP contribution in [0.4, 0.5) is 4.79 Å². The lowest BCUT2D eigenvalue weighted by Gasteiger charge is -2.52. The third-order valence-corrected chi connectivity index (χ3v) is 9.71. The van der Waals surface area contributed by atoms with E-state index in [-0.39, 0.29) is 6.54 Å². The fourth-order valence-corrected chi connectivity index (χ4v) is 7.24. The molecule has 8 nitrogen and oxygen atoms in total. The van der Waals surface area contributed by atoms with Crippen molar-refractivity contribution in [1.82, 2.24) is 10.2 Å². The molecule has 2 fully saturated rings. The summed E-state index contributed by atoms with van der Waals surface area (Å²) in [5.41, 5.74) is -3.68. The van der Waals surface area contributed by atoms with E-state index in [1.165, 1.54) is 14.8 Å². The predicted octanol–water partition coefficient (Wildman–Crippen LogP) is 0.833. The molecule has 2 aliphatic rings. The quantitative estimate of drug-likeness (QED) is 0.494. The fraction of sp³-hybridized carbons (Fsp3) is 0.870. The number of amides is 3. The summed E-state index contributed by atoms with van der Waals surface area (Å²) in [6.07, 6.45) is -3.01. The first kappa shape index (κ1) is 28.3. The standard InChI is InChI=1S/C23H44N2O6Si2/c1-19(2,3)14(26)15-22(29,20(4,5)6)17(31-21(7,8)9)23(30-15,33(10)11)25-12-13(32)16(27)24-18(25)28/h14-15,17,26,29,33H,12,32H2,1-11H3,(H,24,27,28)/t14?,15-,17-,22-,23+/m1/s1. The lowest BCUT2D eigenvalue weighted by atomic mass is 9.66. The smallest absolute Gasteiger partial charge is 0.326 e. The van der Waals surface area contributed by atoms with Crippen molar-refractivity contribution in [3.05, 3.63) is 0 Å². The van der Waals surface area contributed by atoms with E-state index in [0.717, 1.165) is 0 Å². The molecule has 3 amide bonds. The molecule has 0 aliphatic carbocycles. The molecule has 0 aromatic heterocycles. The second-order valence-corrected chi connectivity index (χ2v) is 16.9. The summed E-state index contributed by atoms with van der Waals surface area (Å²) in [5.74, 6) is -0.404. The Hall–Kier alpha value is -0.916. The Labute approximate surface area is 203 Å². The van der Waals surface area contributed by atoms with Gasteiger partial charge in [-0.3, -0.25) is 15.0 Å². The topological polar surface area (TPSA) is 108 Å². The molecule has 2 rings (SSSR count). The monoisotopic (exact) mass is 500 g/mol. The summed E-state index contributed by atoms with van der Waals surface area (Å²) >= 11 is 0. The van der Waals surface area contributed by atoms with Crippen molar-refractivity contribution in [3.8, 4) is 0 Å². The van der Waals surface area contributed by atoms with Gasteiger partial charge in [0.25, 0.3) is 5.91 Å². The molecule has 190 valence electrons. The number of hydrogen-bond donors (Lipinski definition) is 3. The van der Waals surface area contributed by atoms with E-state index in [4.69, 9.17) is 9.47 Å². The normalized spacial score (nSPS) is 33.0. The number of aliphatic hydroxyl groups excluding tert-OH is 1. The number of hydrogen-bond acceptors (Lipinski definition) is 6. The van der Waals surface area contributed by atoms with E-state index in [1.54, 1.807) is 0 Å². The van der Waals surface area contributed by atoms with Crippen molar-refractivity contribution >= 4 is 35.8 Å². The average molecular weight is 501 g/mol. The van der Waals surface area contributed by atoms with Crippen LogP contribution in [0, 0.1) is 10.8 Å². The Morgan fingerprint density at radius 3 is 2.06 bits per heavy atom. The van der Waals surface area contributed by atoms with Crippen LogP contribution in [0.3, 0.4) is 0 Å². The first-order chi connectivity index (χ1) is 14.6. The van der Waals surface area contributed by atoms with Crippen LogP contribution < -0.4 is 5.32 Å². The zero-order valence-electron chi connectivity index (χ0n) is 22.2. The zero-order valence-corrected chi connectivity index (χ0v) is 24.8. The maximum absolute atomic E-state index is 13.2. The summed E-state index contributed by atoms with van der Waals surface area (Å²) in [5, 5.41) is 25.6. The maximum Gasteiger partial charge on any atom is 0.326 e. The van der Waals surface area contributed by atoms with Gasteiger partial charge in [0, 0.05) is 5.17 Å². The highest BCUT2D eigenvalue weighted by Gasteiger charge is 2.74. The number of aliphatic hydroxyl groups is 2. The van der Waals surface area contributed by atoms with Crippen LogP contribution in [-0.4, -0.2) is 92.3 Å². The molecule has 2 saturated heterocycles. The van der Waals surface area contributed by atoms with Crippen molar-refractivity contribution < 1.29 is 29.3 Å². The van der Waals surface area contributed by atoms with Gasteiger partial charge in [0.15, 0.2) is 5.35 Å². The summed E-state index contributed by atoms with van der Waals surface area (Å²) in [7, 11) is -0.589. The van der Waals surface area contributed by atoms with E-state index in [9.17, 15) is 19.8 Å². The predicted molar refractivity (Wildman–Crippen MR) is 135 cm³/mol. The van der Waals surface area contributed by atoms with Gasteiger partial charge in [-0.25, -0.2) is 4.79 Å². The number of urea groups is 1. The van der Waals surface area contributed by atoms with Crippen LogP contribution in [-0.2, 0) is 14.3 Å². The van der Waals surface area contributed by atoms with E-state index < -0.39 is 66.4 Å². The molecular formula is C23H44N2O6Si2. The number of imide groups is 1. The summed E-state index contributed by atoms with van der Waals surface area (Å²) in [4.78, 5) is 26.9. The van der Waals surface area contributed by atoms with Crippen LogP contribution in [0.1, 0.15) is 62.3 Å². The SMILES string of the molecule is C[SiH](C)[C@@]1(N2CC(=[SiH2])C(=O)NC2=O)O[C@H](C(O)C(C)(C)C)[C@](O)(C(C)(C)C)[C@H]1OC(C)(C)C. The van der Waals surface area contributed by atoms with Crippen LogP contribution in [0.15, 0.2) is 0 Å². The second-order valence-electron chi connectivity index (χ2n) is 12.9. The van der Waals surface area contributed by atoms with E-state index in [2.05, 4.69) is 5.32 Å². The molecular weight excluding hydrogens is 456 g/mol. The first-order valence-corrected chi connectivity index (χ1v) is 15.3. The summed E-state index contributed by atoms with van der Waals surface area (Å²) < 4.78 is 13.4. The number of nitrogens with one attached hydrogen (secondary N) is 1. The third-order valence-electron chi connectivity index (χ3n) is 6.76. The van der Waals surface area contributed by atoms with Gasteiger partial charge in [0.1, 0.15) is 17.8 Å². The fourth-order valence-electron chi connectivity index (χ4n) is 4.75. The van der Waals surface area contributed by atoms with Gasteiger partial charge in [0.05, 0.1) is 27.0 Å². The Morgan fingerprint density at radius 1 is 1.15 bits per heavy atom. The number of carbonyl (C=O) groups is 2. The molecule has 2 aliphatic heterocycles. The molecule has 0 bridgehead atoms. The Morgan fingerprint density at radius 2 is 1.67 bits per heavy atom. The van der Waals surface area contributed by atoms with Gasteiger partial charge < -0.3 is 19.7 Å². The summed E-state index contributed by atoms with van der Waals surface area (Å²) in [6.45, 7) is 21.2. The van der Waals surface area contributed by atoms with Gasteiger partial charge in [-0.15, -0.1) is 0 Å². The van der Waals surface area contributed by atoms with Gasteiger partial charge in [0.2, 0.25) is 0 Å². The second kappa shape index (κ2) is 8.63. The number of carbonyl (C=O) groups excluding carboxylic acids is 2. The van der Waals surface area contributed by atoms with Crippen LogP contribution in [0.2, 0.25) is 13.1 Å². The molecule has 1 unspecified atom stereocenters. The molecule has 5 atom stereocenters. The molecule has 33 heavy (non-hydrogen) atoms. The maximum atomic E-state index is 13.2. The summed E-state index contributed by atoms with van der Waals surface area (Å²) in [6, 6.07) is -0.568. The van der Waals surface area contributed by atoms with Crippen LogP contribution in [0.25, 0.3) is 0 Å². The minimum Gasteiger partial charge on any atom is -0.390 e. The molecule has 0 radical (unpaired) electrons. The zero-order chi connectivity index (χ0) is 25.9. The van der Waals surface area contributed by atoms with Gasteiger partial charge in [-0.1, -0.05) is 54.6 Å². The number of rotatable bonds is 4. The molecule has 0 aromatic rings. The number of ether oxygens (including phenoxy) is 2. The average Bonchev–Trinajstić information content (AvgIpc) is 2.86. The lowest BCUT2D eigenvalue weighted by molar-refractivity contribution is -0.214. The van der Waals surface area contributed by atoms with Crippen molar-refractivity contribution in [2.45, 2.75) is 110 Å². The Bertz CT molecular complexity index is 813. The van der Waals surface area contributed by atoms with Crippen LogP contribution >= 0.6 is 0 Å². The molecule has 2 heterocycles. The van der Waals surface area contributed by atoms with Crippen molar-refractivity contribution in [2.75, 3.05) is 6.54 Å². The highest BCUT2D eigenvalue weighted by atomic mass is 28.3. The van der Waals surface area contributed by atoms with Crippen LogP contribution in [0.5, 0.6) is 0 Å². The molecule has 10 heteroatoms. The van der Waals surface area contributed by atoms with Gasteiger partial charge in [-0.2, -0.15) is 0 Å². The molecule has 0 aromatic carbocycles. The Balaban J connectivity index is 2.87. The van der Waals surface area contributed by atoms with E-state index in [0.29, 0.717) is 5.17 Å². The van der Waals surface area contributed by atoms with Crippen molar-refractivity contribution in [2.24, 2.45) is 10.8 Å². The van der Waals surface area contributed by atoms with Gasteiger partial charge >= 0.3 is 6.03 Å². The highest BCUT2D eigenvalue weighted by Crippen LogP contribution is 2.55. The Kier molecular flexibility index (Phi) is 7.41. The first-order valence-electron chi connectivity index (χ1n) is 11.7. The number of nitrogens with zero attached hydrogens (tertiary/aromatic N) is 1.